The Morgan fingerprint density at radius 1 is 0.562 bits per heavy atom. The van der Waals surface area contributed by atoms with E-state index in [1.54, 1.807) is 20.2 Å². The van der Waals surface area contributed by atoms with Crippen LogP contribution in [0.3, 0.4) is 0 Å². The summed E-state index contributed by atoms with van der Waals surface area (Å²) in [4.78, 5) is 135. The molecule has 37 nitrogen and oxygen atoms in total. The number of pyridine rings is 1. The second kappa shape index (κ2) is 36.7. The fourth-order valence-electron chi connectivity index (χ4n) is 17.5. The summed E-state index contributed by atoms with van der Waals surface area (Å²) >= 11 is 0. The van der Waals surface area contributed by atoms with Gasteiger partial charge in [-0.05, 0) is 56.0 Å². The monoisotopic (exact) mass is 1720 g/mol. The lowest BCUT2D eigenvalue weighted by Crippen LogP contribution is -2.55. The van der Waals surface area contributed by atoms with Gasteiger partial charge in [-0.2, -0.15) is 0 Å². The van der Waals surface area contributed by atoms with Crippen molar-refractivity contribution >= 4 is 74.6 Å². The molecule has 0 spiro atoms. The van der Waals surface area contributed by atoms with Crippen molar-refractivity contribution in [2.75, 3.05) is 135 Å². The number of benzene rings is 4. The molecular weight excluding hydrogens is 1630 g/mol. The Morgan fingerprint density at radius 3 is 1.42 bits per heavy atom. The predicted molar refractivity (Wildman–Crippen MR) is 422 cm³/mol. The molecule has 0 radical (unpaired) electrons. The number of nitrogens with zero attached hydrogens (tertiary/aromatic N) is 6. The van der Waals surface area contributed by atoms with Crippen LogP contribution < -0.4 is 14.8 Å². The molecule has 6 saturated heterocycles. The molecule has 652 valence electrons. The van der Waals surface area contributed by atoms with Crippen molar-refractivity contribution in [2.45, 2.75) is 155 Å². The van der Waals surface area contributed by atoms with Crippen LogP contribution in [0, 0.1) is 0 Å². The van der Waals surface area contributed by atoms with Crippen molar-refractivity contribution in [1.29, 1.82) is 0 Å². The number of phenols is 4. The Morgan fingerprint density at radius 2 is 1.00 bits per heavy atom. The molecule has 4 aliphatic carbocycles. The van der Waals surface area contributed by atoms with Gasteiger partial charge >= 0.3 is 18.3 Å². The maximum Gasteiger partial charge on any atom is 0.409 e. The normalized spacial score (nSPS) is 28.0. The van der Waals surface area contributed by atoms with E-state index in [2.05, 4.69) is 20.1 Å². The molecule has 0 saturated carbocycles. The van der Waals surface area contributed by atoms with Gasteiger partial charge < -0.3 is 122 Å². The SMILES string of the molecule is CNCCN(C)C(=O)OCC(=O)[C@]1(O)Cc2c(O)c3c(c(O)c2[C@@H](O[C@H]2C[C@H]4[C@H](O[C@@H]5[C@@H](OC)OCCN54)[C@H](C)O2)C1)C(=O)c1c(OC)cccc1C3=O.COc1cccc2c1C(=O)c1c(O)c3c(c(O)c1C2=O)C[C@@](O)(C(=O)COC(=O)N(C)CCN(C)C(=O)OCCSSc1ccccn1)C[C@@H]3O[C@H]1C[C@H]2[C@H](O[C@@H]3[C@@H](OC)OCCN32)[C@H](C)O1. The summed E-state index contributed by atoms with van der Waals surface area (Å²) < 4.78 is 87.5. The average Bonchev–Trinajstić information content (AvgIpc) is 1.38. The van der Waals surface area contributed by atoms with Crippen LogP contribution in [0.2, 0.25) is 0 Å². The molecule has 10 aliphatic rings. The lowest BCUT2D eigenvalue weighted by atomic mass is 9.72. The van der Waals surface area contributed by atoms with Crippen LogP contribution in [-0.2, 0) is 84.0 Å². The number of amides is 3. The van der Waals surface area contributed by atoms with E-state index in [0.29, 0.717) is 45.1 Å². The van der Waals surface area contributed by atoms with Gasteiger partial charge in [-0.3, -0.25) is 38.6 Å². The third-order valence-corrected chi connectivity index (χ3v) is 25.9. The van der Waals surface area contributed by atoms with E-state index in [4.69, 9.17) is 71.1 Å². The average molecular weight is 1720 g/mol. The van der Waals surface area contributed by atoms with Crippen molar-refractivity contribution in [3.8, 4) is 34.5 Å². The van der Waals surface area contributed by atoms with E-state index >= 15 is 0 Å². The summed E-state index contributed by atoms with van der Waals surface area (Å²) in [5.74, 6) is -7.08. The number of likely N-dealkylation sites (N-methyl/N-ethyl adjacent to an activating group) is 4. The number of methoxy groups -OCH3 is 4. The zero-order chi connectivity index (χ0) is 86.4. The van der Waals surface area contributed by atoms with Gasteiger partial charge in [0.2, 0.25) is 23.1 Å². The summed E-state index contributed by atoms with van der Waals surface area (Å²) in [5.41, 5.74) is -7.60. The zero-order valence-electron chi connectivity index (χ0n) is 68.1. The number of carbonyl (C=O) groups excluding carboxylic acids is 9. The molecule has 16 atom stereocenters. The van der Waals surface area contributed by atoms with E-state index in [0.717, 1.165) is 9.93 Å². The van der Waals surface area contributed by atoms with Gasteiger partial charge in [-0.1, -0.05) is 41.1 Å². The predicted octanol–water partition coefficient (Wildman–Crippen LogP) is 4.70. The Balaban J connectivity index is 0.000000202. The summed E-state index contributed by atoms with van der Waals surface area (Å²) in [6, 6.07) is 13.9. The molecule has 6 aliphatic heterocycles. The van der Waals surface area contributed by atoms with Crippen molar-refractivity contribution in [2.24, 2.45) is 0 Å². The van der Waals surface area contributed by atoms with Gasteiger partial charge in [0.1, 0.15) is 69.5 Å². The number of phenolic OH excluding ortho intramolecular Hbond substituents is 4. The molecule has 39 heteroatoms. The minimum atomic E-state index is -2.41. The Labute approximate surface area is 702 Å². The number of fused-ring (bicyclic) bond motifs is 12. The fourth-order valence-corrected chi connectivity index (χ4v) is 19.2. The number of ether oxygens (including phenoxy) is 15. The second-order valence-electron chi connectivity index (χ2n) is 30.9. The number of aliphatic hydroxyl groups is 2. The Kier molecular flexibility index (Phi) is 26.7. The fraction of sp³-hybridized carbons (Fsp3) is 0.537. The van der Waals surface area contributed by atoms with Crippen LogP contribution in [-0.4, -0.2) is 333 Å². The summed E-state index contributed by atoms with van der Waals surface area (Å²) in [6.45, 7) is 4.72. The van der Waals surface area contributed by atoms with Crippen LogP contribution in [0.15, 0.2) is 65.8 Å². The molecule has 3 amide bonds. The van der Waals surface area contributed by atoms with Gasteiger partial charge in [0.05, 0.1) is 85.2 Å². The van der Waals surface area contributed by atoms with E-state index in [9.17, 15) is 73.8 Å². The van der Waals surface area contributed by atoms with E-state index in [-0.39, 0.29) is 107 Å². The molecule has 4 aromatic carbocycles. The molecule has 0 unspecified atom stereocenters. The highest BCUT2D eigenvalue weighted by atomic mass is 33.1. The number of ketones is 6. The highest BCUT2D eigenvalue weighted by molar-refractivity contribution is 8.76. The molecule has 7 heterocycles. The number of hydrogen-bond acceptors (Lipinski definition) is 36. The first kappa shape index (κ1) is 88.1. The number of morpholine rings is 2. The van der Waals surface area contributed by atoms with Crippen molar-refractivity contribution < 1.29 is 145 Å². The van der Waals surface area contributed by atoms with Crippen LogP contribution in [0.25, 0.3) is 0 Å². The van der Waals surface area contributed by atoms with Crippen molar-refractivity contribution in [3.63, 3.8) is 0 Å². The van der Waals surface area contributed by atoms with Gasteiger partial charge in [0.25, 0.3) is 0 Å². The van der Waals surface area contributed by atoms with Crippen LogP contribution in [0.4, 0.5) is 14.4 Å². The second-order valence-corrected chi connectivity index (χ2v) is 33.3. The lowest BCUT2D eigenvalue weighted by molar-refractivity contribution is -0.256. The van der Waals surface area contributed by atoms with Gasteiger partial charge in [-0.25, -0.2) is 19.4 Å². The first-order valence-electron chi connectivity index (χ1n) is 39.5. The molecule has 121 heavy (non-hydrogen) atoms. The van der Waals surface area contributed by atoms with Gasteiger partial charge in [-0.15, -0.1) is 0 Å². The zero-order valence-corrected chi connectivity index (χ0v) is 69.7. The number of Topliss-reactive ketones (excluding diaryl/α,β-unsaturated/α-hetero) is 2. The van der Waals surface area contributed by atoms with Gasteiger partial charge in [0, 0.05) is 171 Å². The first-order chi connectivity index (χ1) is 58.0. The van der Waals surface area contributed by atoms with Crippen molar-refractivity contribution in [1.82, 2.24) is 34.8 Å². The van der Waals surface area contributed by atoms with E-state index in [1.165, 1.54) is 117 Å². The summed E-state index contributed by atoms with van der Waals surface area (Å²) in [5, 5.41) is 75.9. The molecule has 1 aromatic heterocycles. The van der Waals surface area contributed by atoms with E-state index < -0.39 is 216 Å². The largest absolute Gasteiger partial charge is 0.507 e. The molecule has 7 N–H and O–H groups in total. The highest BCUT2D eigenvalue weighted by Crippen LogP contribution is 2.56. The number of aromatic hydroxyl groups is 4. The minimum absolute atomic E-state index is 0.000494. The van der Waals surface area contributed by atoms with Gasteiger partial charge in [0.15, 0.2) is 62.4 Å². The summed E-state index contributed by atoms with van der Waals surface area (Å²) in [7, 11) is 14.8. The maximum absolute atomic E-state index is 14.2. The summed E-state index contributed by atoms with van der Waals surface area (Å²) in [6.07, 6.45) is -11.3. The number of carbonyl (C=O) groups is 9. The molecular formula is C82H97N7O30S2. The van der Waals surface area contributed by atoms with Crippen LogP contribution >= 0.6 is 21.6 Å². The number of rotatable bonds is 25. The standard InChI is InChI=1S/C45H52N4O16S2.C37H45N3O14/c1-23-40-26(49-15-16-60-42(59-5)41(49)65-40)19-31(63-23)64-28-21-45(57,20-25-33(28)39(54)35-34(37(25)52)36(51)24-9-8-10-27(58-4)32(24)38(35)53)29(50)22-62-44(56)48(3)14-13-47(2)43(55)61-17-18-66-67-30-11-6-7-12-46-30;1-17-33-20(40-11-12-50-35(49-5)34(40)54-33)13-24(52-17)53-22-15-37(47,23(41)16-51-36(46)39(3)10-9-38-2)14-19-26(22)32(45)28-27(30(19)43)29(42)18-7-6-8-21(48-4)25(18)31(28)44/h6-12,23,26,28,31,40-42,52,54,57H,13-22H2,1-5H3;6-8,17,20,22,24,33-35,38,43,45,47H,9-16H2,1-5H3/t23-,26-,28-,31-,40+,41+,42-,45-;17-,20-,22-,24-,33+,34+,35-,37-/m00/s1. The molecule has 6 fully saturated rings. The topological polar surface area (TPSA) is 455 Å². The third-order valence-electron chi connectivity index (χ3n) is 23.6. The smallest absolute Gasteiger partial charge is 0.409 e. The first-order valence-corrected chi connectivity index (χ1v) is 41.8. The number of hydrogen-bond donors (Lipinski definition) is 7. The maximum atomic E-state index is 14.2. The number of aromatic nitrogens is 1. The molecule has 0 bridgehead atoms. The lowest BCUT2D eigenvalue weighted by Gasteiger charge is -2.43. The Hall–Kier alpha value is -9.24. The van der Waals surface area contributed by atoms with Crippen LogP contribution in [0.1, 0.15) is 138 Å². The van der Waals surface area contributed by atoms with Crippen LogP contribution in [0.5, 0.6) is 34.5 Å². The Bertz CT molecular complexity index is 4840. The van der Waals surface area contributed by atoms with E-state index in [1.807, 2.05) is 25.1 Å². The minimum Gasteiger partial charge on any atom is -0.507 e. The molecule has 15 rings (SSSR count). The quantitative estimate of drug-likeness (QED) is 0.0176. The third kappa shape index (κ3) is 17.0. The number of nitrogens with one attached hydrogen (secondary N) is 1. The van der Waals surface area contributed by atoms with Crippen molar-refractivity contribution in [3.05, 3.63) is 128 Å². The highest BCUT2D eigenvalue weighted by Gasteiger charge is 2.59. The molecule has 5 aromatic rings.